The molecule has 1 amide bonds. The molecule has 1 aromatic heterocycles. The molecule has 6 heteroatoms. The number of amides is 1. The molecular weight excluding hydrogens is 422 g/mol. The first-order valence-corrected chi connectivity index (χ1v) is 9.10. The zero-order valence-corrected chi connectivity index (χ0v) is 16.6. The smallest absolute Gasteiger partial charge is 0.255 e. The van der Waals surface area contributed by atoms with E-state index in [0.717, 1.165) is 22.0 Å². The number of hydrogen-bond acceptors (Lipinski definition) is 2. The number of rotatable bonds is 2. The highest BCUT2D eigenvalue weighted by Crippen LogP contribution is 2.43. The van der Waals surface area contributed by atoms with Gasteiger partial charge >= 0.3 is 0 Å². The van der Waals surface area contributed by atoms with Crippen LogP contribution in [0.3, 0.4) is 0 Å². The minimum absolute atomic E-state index is 0.0250. The van der Waals surface area contributed by atoms with Gasteiger partial charge in [-0.25, -0.2) is 0 Å². The largest absolute Gasteiger partial charge is 0.337 e. The van der Waals surface area contributed by atoms with E-state index in [9.17, 15) is 4.79 Å². The Balaban J connectivity index is 1.88. The fourth-order valence-electron chi connectivity index (χ4n) is 3.30. The zero-order chi connectivity index (χ0) is 16.8. The SMILES string of the molecule is Cn1cc(C2CN(C(=O)c3cccc(Br)c3Br)CC2(C)C)cn1. The fourth-order valence-corrected chi connectivity index (χ4v) is 4.10. The maximum atomic E-state index is 12.9. The second-order valence-electron chi connectivity index (χ2n) is 6.78. The summed E-state index contributed by atoms with van der Waals surface area (Å²) >= 11 is 6.98. The lowest BCUT2D eigenvalue weighted by Gasteiger charge is -2.24. The van der Waals surface area contributed by atoms with Crippen molar-refractivity contribution in [1.29, 1.82) is 0 Å². The van der Waals surface area contributed by atoms with Crippen LogP contribution in [0.2, 0.25) is 0 Å². The maximum absolute atomic E-state index is 12.9. The summed E-state index contributed by atoms with van der Waals surface area (Å²) in [7, 11) is 1.92. The number of hydrogen-bond donors (Lipinski definition) is 0. The van der Waals surface area contributed by atoms with E-state index in [0.29, 0.717) is 11.5 Å². The van der Waals surface area contributed by atoms with Crippen LogP contribution in [-0.4, -0.2) is 33.7 Å². The summed E-state index contributed by atoms with van der Waals surface area (Å²) in [5.41, 5.74) is 1.92. The lowest BCUT2D eigenvalue weighted by Crippen LogP contribution is -2.30. The van der Waals surface area contributed by atoms with Crippen LogP contribution in [0.4, 0.5) is 0 Å². The van der Waals surface area contributed by atoms with Crippen LogP contribution in [0.15, 0.2) is 39.5 Å². The van der Waals surface area contributed by atoms with E-state index >= 15 is 0 Å². The number of benzene rings is 1. The summed E-state index contributed by atoms with van der Waals surface area (Å²) in [6, 6.07) is 5.68. The Morgan fingerprint density at radius 3 is 2.74 bits per heavy atom. The number of aryl methyl sites for hydroxylation is 1. The molecule has 1 fully saturated rings. The first kappa shape index (κ1) is 16.7. The van der Waals surface area contributed by atoms with Crippen LogP contribution < -0.4 is 0 Å². The van der Waals surface area contributed by atoms with Crippen LogP contribution >= 0.6 is 31.9 Å². The second-order valence-corrected chi connectivity index (χ2v) is 8.42. The van der Waals surface area contributed by atoms with Crippen molar-refractivity contribution in [2.75, 3.05) is 13.1 Å². The van der Waals surface area contributed by atoms with E-state index < -0.39 is 0 Å². The van der Waals surface area contributed by atoms with Crippen molar-refractivity contribution in [2.45, 2.75) is 19.8 Å². The van der Waals surface area contributed by atoms with Gasteiger partial charge in [0, 0.05) is 41.2 Å². The number of halogens is 2. The normalized spacial score (nSPS) is 20.0. The maximum Gasteiger partial charge on any atom is 0.255 e. The van der Waals surface area contributed by atoms with Crippen molar-refractivity contribution in [3.63, 3.8) is 0 Å². The number of likely N-dealkylation sites (tertiary alicyclic amines) is 1. The predicted molar refractivity (Wildman–Crippen MR) is 97.5 cm³/mol. The van der Waals surface area contributed by atoms with Crippen molar-refractivity contribution in [1.82, 2.24) is 14.7 Å². The van der Waals surface area contributed by atoms with Crippen LogP contribution in [0.1, 0.15) is 35.7 Å². The molecule has 2 heterocycles. The van der Waals surface area contributed by atoms with Crippen molar-refractivity contribution >= 4 is 37.8 Å². The molecule has 2 aromatic rings. The third-order valence-corrected chi connectivity index (χ3v) is 6.59. The Morgan fingerprint density at radius 2 is 2.09 bits per heavy atom. The van der Waals surface area contributed by atoms with Gasteiger partial charge in [-0.1, -0.05) is 19.9 Å². The van der Waals surface area contributed by atoms with E-state index in [4.69, 9.17) is 0 Å². The standard InChI is InChI=1S/C17H19Br2N3O/c1-17(2)10-22(9-13(17)11-7-20-21(3)8-11)16(23)12-5-4-6-14(18)15(12)19/h4-8,13H,9-10H2,1-3H3. The van der Waals surface area contributed by atoms with Gasteiger partial charge < -0.3 is 4.90 Å². The molecule has 122 valence electrons. The summed E-state index contributed by atoms with van der Waals surface area (Å²) in [5.74, 6) is 0.365. The van der Waals surface area contributed by atoms with Gasteiger partial charge in [0.15, 0.2) is 0 Å². The molecule has 4 nitrogen and oxygen atoms in total. The van der Waals surface area contributed by atoms with Crippen molar-refractivity contribution < 1.29 is 4.79 Å². The highest BCUT2D eigenvalue weighted by atomic mass is 79.9. The molecule has 1 aliphatic rings. The lowest BCUT2D eigenvalue weighted by molar-refractivity contribution is 0.0777. The van der Waals surface area contributed by atoms with E-state index in [1.54, 1.807) is 0 Å². The summed E-state index contributed by atoms with van der Waals surface area (Å²) in [6.07, 6.45) is 3.96. The second kappa shape index (κ2) is 6.06. The summed E-state index contributed by atoms with van der Waals surface area (Å²) < 4.78 is 3.53. The monoisotopic (exact) mass is 439 g/mol. The van der Waals surface area contributed by atoms with E-state index in [2.05, 4.69) is 57.0 Å². The molecular formula is C17H19Br2N3O. The molecule has 1 atom stereocenters. The Bertz CT molecular complexity index is 754. The van der Waals surface area contributed by atoms with Gasteiger partial charge in [-0.2, -0.15) is 5.10 Å². The molecule has 0 spiro atoms. The molecule has 3 rings (SSSR count). The molecule has 0 saturated carbocycles. The van der Waals surface area contributed by atoms with Crippen molar-refractivity contribution in [3.8, 4) is 0 Å². The van der Waals surface area contributed by atoms with E-state index in [1.165, 1.54) is 5.56 Å². The van der Waals surface area contributed by atoms with Gasteiger partial charge in [-0.15, -0.1) is 0 Å². The topological polar surface area (TPSA) is 38.1 Å². The highest BCUT2D eigenvalue weighted by Gasteiger charge is 2.42. The molecule has 1 aliphatic heterocycles. The Morgan fingerprint density at radius 1 is 1.35 bits per heavy atom. The summed E-state index contributed by atoms with van der Waals surface area (Å²) in [6.45, 7) is 5.89. The Hall–Kier alpha value is -1.14. The van der Waals surface area contributed by atoms with E-state index in [-0.39, 0.29) is 11.3 Å². The average molecular weight is 441 g/mol. The molecule has 0 aliphatic carbocycles. The molecule has 0 bridgehead atoms. The highest BCUT2D eigenvalue weighted by molar-refractivity contribution is 9.13. The number of aromatic nitrogens is 2. The lowest BCUT2D eigenvalue weighted by atomic mass is 9.79. The molecule has 0 radical (unpaired) electrons. The quantitative estimate of drug-likeness (QED) is 0.701. The van der Waals surface area contributed by atoms with Crippen LogP contribution in [-0.2, 0) is 7.05 Å². The zero-order valence-electron chi connectivity index (χ0n) is 13.4. The first-order chi connectivity index (χ1) is 10.8. The average Bonchev–Trinajstić information content (AvgIpc) is 3.04. The Labute approximate surface area is 153 Å². The van der Waals surface area contributed by atoms with Gasteiger partial charge in [0.25, 0.3) is 5.91 Å². The molecule has 23 heavy (non-hydrogen) atoms. The number of carbonyl (C=O) groups is 1. The van der Waals surface area contributed by atoms with Crippen molar-refractivity contribution in [3.05, 3.63) is 50.7 Å². The summed E-state index contributed by atoms with van der Waals surface area (Å²) in [4.78, 5) is 14.9. The van der Waals surface area contributed by atoms with Gasteiger partial charge in [0.05, 0.1) is 11.8 Å². The Kier molecular flexibility index (Phi) is 4.40. The van der Waals surface area contributed by atoms with Crippen LogP contribution in [0, 0.1) is 5.41 Å². The van der Waals surface area contributed by atoms with Gasteiger partial charge in [-0.05, 0) is 55.0 Å². The third-order valence-electron chi connectivity index (χ3n) is 4.54. The van der Waals surface area contributed by atoms with Crippen LogP contribution in [0.5, 0.6) is 0 Å². The van der Waals surface area contributed by atoms with Gasteiger partial charge in [0.1, 0.15) is 0 Å². The van der Waals surface area contributed by atoms with Crippen molar-refractivity contribution in [2.24, 2.45) is 12.5 Å². The summed E-state index contributed by atoms with van der Waals surface area (Å²) in [5, 5.41) is 4.28. The first-order valence-electron chi connectivity index (χ1n) is 7.51. The van der Waals surface area contributed by atoms with Gasteiger partial charge in [0.2, 0.25) is 0 Å². The molecule has 0 N–H and O–H groups in total. The number of carbonyl (C=O) groups excluding carboxylic acids is 1. The minimum atomic E-state index is 0.0250. The molecule has 1 saturated heterocycles. The fraction of sp³-hybridized carbons (Fsp3) is 0.412. The predicted octanol–water partition coefficient (Wildman–Crippen LogP) is 4.21. The van der Waals surface area contributed by atoms with Crippen LogP contribution in [0.25, 0.3) is 0 Å². The molecule has 1 unspecified atom stereocenters. The third kappa shape index (κ3) is 3.11. The minimum Gasteiger partial charge on any atom is -0.337 e. The molecule has 1 aromatic carbocycles. The van der Waals surface area contributed by atoms with Gasteiger partial charge in [-0.3, -0.25) is 9.48 Å². The number of nitrogens with zero attached hydrogens (tertiary/aromatic N) is 3. The van der Waals surface area contributed by atoms with E-state index in [1.807, 2.05) is 41.0 Å².